The van der Waals surface area contributed by atoms with E-state index >= 15 is 0 Å². The Bertz CT molecular complexity index is 1310. The van der Waals surface area contributed by atoms with E-state index in [4.69, 9.17) is 4.42 Å². The summed E-state index contributed by atoms with van der Waals surface area (Å²) in [4.78, 5) is 12.8. The zero-order valence-corrected chi connectivity index (χ0v) is 17.1. The molecule has 4 nitrogen and oxygen atoms in total. The van der Waals surface area contributed by atoms with E-state index in [9.17, 15) is 18.7 Å². The van der Waals surface area contributed by atoms with E-state index in [0.29, 0.717) is 11.0 Å². The number of para-hydroxylation sites is 1. The number of nitrogens with one attached hydrogen (secondary N) is 1. The summed E-state index contributed by atoms with van der Waals surface area (Å²) in [6.45, 7) is 3.68. The average Bonchev–Trinajstić information content (AvgIpc) is 2.73. The number of aliphatic hydroxyl groups is 1. The number of benzene rings is 3. The van der Waals surface area contributed by atoms with E-state index in [1.165, 1.54) is 6.07 Å². The van der Waals surface area contributed by atoms with Gasteiger partial charge in [0, 0.05) is 34.5 Å². The number of hydrogen-bond donors (Lipinski definition) is 2. The van der Waals surface area contributed by atoms with Crippen LogP contribution in [0.3, 0.4) is 0 Å². The molecule has 158 valence electrons. The topological polar surface area (TPSA) is 62.5 Å². The highest BCUT2D eigenvalue weighted by Crippen LogP contribution is 2.31. The first-order chi connectivity index (χ1) is 14.9. The second kappa shape index (κ2) is 8.32. The molecule has 0 aliphatic heterocycles. The summed E-state index contributed by atoms with van der Waals surface area (Å²) < 4.78 is 33.4. The Labute approximate surface area is 177 Å². The van der Waals surface area contributed by atoms with E-state index in [1.807, 2.05) is 44.2 Å². The van der Waals surface area contributed by atoms with Gasteiger partial charge in [0.25, 0.3) is 0 Å². The molecule has 2 N–H and O–H groups in total. The van der Waals surface area contributed by atoms with Gasteiger partial charge >= 0.3 is 0 Å². The Morgan fingerprint density at radius 1 is 1.03 bits per heavy atom. The highest BCUT2D eigenvalue weighted by molar-refractivity contribution is 5.83. The van der Waals surface area contributed by atoms with Crippen LogP contribution in [0, 0.1) is 18.6 Å². The largest absolute Gasteiger partial charge is 0.455 e. The first-order valence-electron chi connectivity index (χ1n) is 9.86. The molecule has 31 heavy (non-hydrogen) atoms. The van der Waals surface area contributed by atoms with Crippen molar-refractivity contribution in [3.05, 3.63) is 99.2 Å². The molecular weight excluding hydrogens is 400 g/mol. The van der Waals surface area contributed by atoms with Crippen molar-refractivity contribution in [3.63, 3.8) is 0 Å². The lowest BCUT2D eigenvalue weighted by Gasteiger charge is -2.20. The minimum Gasteiger partial charge on any atom is -0.455 e. The maximum Gasteiger partial charge on any atom is 0.193 e. The molecule has 0 unspecified atom stereocenters. The van der Waals surface area contributed by atoms with Gasteiger partial charge in [-0.25, -0.2) is 8.78 Å². The van der Waals surface area contributed by atoms with Gasteiger partial charge in [0.05, 0.1) is 18.0 Å². The predicted molar refractivity (Wildman–Crippen MR) is 117 cm³/mol. The maximum absolute atomic E-state index is 13.7. The maximum atomic E-state index is 13.7. The van der Waals surface area contributed by atoms with Gasteiger partial charge in [0.15, 0.2) is 5.43 Å². The molecule has 6 heteroatoms. The molecule has 0 spiro atoms. The van der Waals surface area contributed by atoms with Crippen molar-refractivity contribution >= 4 is 16.7 Å². The van der Waals surface area contributed by atoms with Crippen LogP contribution in [-0.2, 0) is 6.61 Å². The Kier molecular flexibility index (Phi) is 5.57. The monoisotopic (exact) mass is 421 g/mol. The van der Waals surface area contributed by atoms with Gasteiger partial charge < -0.3 is 14.8 Å². The third kappa shape index (κ3) is 4.20. The fourth-order valence-electron chi connectivity index (χ4n) is 3.70. The van der Waals surface area contributed by atoms with E-state index in [0.717, 1.165) is 40.6 Å². The lowest BCUT2D eigenvalue weighted by atomic mass is 10.00. The molecule has 0 fully saturated rings. The number of halogens is 2. The fourth-order valence-corrected chi connectivity index (χ4v) is 3.70. The van der Waals surface area contributed by atoms with Crippen molar-refractivity contribution in [2.45, 2.75) is 26.5 Å². The summed E-state index contributed by atoms with van der Waals surface area (Å²) >= 11 is 0. The molecule has 3 aromatic carbocycles. The Balaban J connectivity index is 1.86. The standard InChI is InChI=1S/C25H21F2NO3/c1-14-7-20(15(2)28-22-6-4-3-5-16(22)13-29)25-21(8-14)23(30)12-24(31-25)17-9-18(26)11-19(27)10-17/h3-12,15,28-29H,13H2,1-2H3/t15-/m1/s1. The zero-order valence-electron chi connectivity index (χ0n) is 17.1. The van der Waals surface area contributed by atoms with Crippen LogP contribution in [-0.4, -0.2) is 5.11 Å². The van der Waals surface area contributed by atoms with E-state index in [-0.39, 0.29) is 29.4 Å². The molecule has 0 saturated carbocycles. The molecule has 0 bridgehead atoms. The lowest BCUT2D eigenvalue weighted by Crippen LogP contribution is -2.11. The third-order valence-electron chi connectivity index (χ3n) is 5.17. The molecule has 0 saturated heterocycles. The lowest BCUT2D eigenvalue weighted by molar-refractivity contribution is 0.282. The first kappa shape index (κ1) is 20.8. The van der Waals surface area contributed by atoms with Crippen LogP contribution >= 0.6 is 0 Å². The predicted octanol–water partition coefficient (Wildman–Crippen LogP) is 5.71. The average molecular weight is 421 g/mol. The number of fused-ring (bicyclic) bond motifs is 1. The Morgan fingerprint density at radius 3 is 2.45 bits per heavy atom. The fraction of sp³-hybridized carbons (Fsp3) is 0.160. The second-order valence-electron chi connectivity index (χ2n) is 7.55. The summed E-state index contributed by atoms with van der Waals surface area (Å²) in [6.07, 6.45) is 0. The molecule has 1 heterocycles. The van der Waals surface area contributed by atoms with Crippen molar-refractivity contribution < 1.29 is 18.3 Å². The Morgan fingerprint density at radius 2 is 1.74 bits per heavy atom. The smallest absolute Gasteiger partial charge is 0.193 e. The van der Waals surface area contributed by atoms with Gasteiger partial charge in [-0.1, -0.05) is 24.3 Å². The minimum atomic E-state index is -0.752. The normalized spacial score (nSPS) is 12.2. The van der Waals surface area contributed by atoms with Gasteiger partial charge in [-0.15, -0.1) is 0 Å². The molecule has 0 aliphatic rings. The molecule has 4 aromatic rings. The van der Waals surface area contributed by atoms with Crippen LogP contribution in [0.2, 0.25) is 0 Å². The summed E-state index contributed by atoms with van der Waals surface area (Å²) in [7, 11) is 0. The van der Waals surface area contributed by atoms with Crippen LogP contribution < -0.4 is 10.7 Å². The third-order valence-corrected chi connectivity index (χ3v) is 5.17. The zero-order chi connectivity index (χ0) is 22.1. The molecule has 4 rings (SSSR count). The van der Waals surface area contributed by atoms with Crippen molar-refractivity contribution in [3.8, 4) is 11.3 Å². The SMILES string of the molecule is Cc1cc([C@@H](C)Nc2ccccc2CO)c2oc(-c3cc(F)cc(F)c3)cc(=O)c2c1. The Hall–Kier alpha value is -3.51. The summed E-state index contributed by atoms with van der Waals surface area (Å²) in [5.74, 6) is -1.42. The van der Waals surface area contributed by atoms with Gasteiger partial charge in [-0.05, 0) is 43.7 Å². The molecule has 0 aliphatic carbocycles. The van der Waals surface area contributed by atoms with Gasteiger partial charge in [0.1, 0.15) is 23.0 Å². The second-order valence-corrected chi connectivity index (χ2v) is 7.55. The summed E-state index contributed by atoms with van der Waals surface area (Å²) in [6, 6.07) is 15.0. The van der Waals surface area contributed by atoms with Crippen molar-refractivity contribution in [1.29, 1.82) is 0 Å². The van der Waals surface area contributed by atoms with Crippen LogP contribution in [0.25, 0.3) is 22.3 Å². The van der Waals surface area contributed by atoms with Gasteiger partial charge in [-0.2, -0.15) is 0 Å². The molecule has 1 aromatic heterocycles. The molecule has 0 radical (unpaired) electrons. The van der Waals surface area contributed by atoms with Crippen molar-refractivity contribution in [1.82, 2.24) is 0 Å². The van der Waals surface area contributed by atoms with Crippen molar-refractivity contribution in [2.75, 3.05) is 5.32 Å². The van der Waals surface area contributed by atoms with Crippen LogP contribution in [0.4, 0.5) is 14.5 Å². The van der Waals surface area contributed by atoms with Crippen LogP contribution in [0.5, 0.6) is 0 Å². The van der Waals surface area contributed by atoms with E-state index in [2.05, 4.69) is 5.32 Å². The number of aryl methyl sites for hydroxylation is 1. The summed E-state index contributed by atoms with van der Waals surface area (Å²) in [5, 5.41) is 13.3. The number of aliphatic hydroxyl groups excluding tert-OH is 1. The van der Waals surface area contributed by atoms with E-state index < -0.39 is 11.6 Å². The summed E-state index contributed by atoms with van der Waals surface area (Å²) in [5.41, 5.74) is 3.30. The number of hydrogen-bond acceptors (Lipinski definition) is 4. The van der Waals surface area contributed by atoms with Gasteiger partial charge in [-0.3, -0.25) is 4.79 Å². The minimum absolute atomic E-state index is 0.0870. The molecule has 1 atom stereocenters. The highest BCUT2D eigenvalue weighted by Gasteiger charge is 2.17. The van der Waals surface area contributed by atoms with Crippen LogP contribution in [0.15, 0.2) is 69.9 Å². The van der Waals surface area contributed by atoms with Crippen molar-refractivity contribution in [2.24, 2.45) is 0 Å². The van der Waals surface area contributed by atoms with Gasteiger partial charge in [0.2, 0.25) is 0 Å². The quantitative estimate of drug-likeness (QED) is 0.433. The molecular formula is C25H21F2NO3. The van der Waals surface area contributed by atoms with E-state index in [1.54, 1.807) is 6.07 Å². The number of rotatable bonds is 5. The van der Waals surface area contributed by atoms with Crippen LogP contribution in [0.1, 0.15) is 29.7 Å². The first-order valence-corrected chi connectivity index (χ1v) is 9.86. The molecule has 0 amide bonds. The number of anilines is 1. The highest BCUT2D eigenvalue weighted by atomic mass is 19.1.